The van der Waals surface area contributed by atoms with Gasteiger partial charge in [-0.25, -0.2) is 9.78 Å². The number of hydrogen-bond donors (Lipinski definition) is 4. The van der Waals surface area contributed by atoms with Gasteiger partial charge in [-0.3, -0.25) is 10.1 Å². The summed E-state index contributed by atoms with van der Waals surface area (Å²) >= 11 is 18.4. The van der Waals surface area contributed by atoms with Crippen molar-refractivity contribution in [2.45, 2.75) is 18.9 Å². The molecular formula is C25H23Cl3N6O3. The van der Waals surface area contributed by atoms with Crippen LogP contribution in [-0.4, -0.2) is 36.1 Å². The van der Waals surface area contributed by atoms with E-state index in [1.807, 2.05) is 6.07 Å². The lowest BCUT2D eigenvalue weighted by Crippen LogP contribution is -2.42. The Labute approximate surface area is 228 Å². The minimum atomic E-state index is -0.811. The minimum absolute atomic E-state index is 0.209. The van der Waals surface area contributed by atoms with Crippen LogP contribution in [0.25, 0.3) is 0 Å². The van der Waals surface area contributed by atoms with E-state index in [2.05, 4.69) is 20.9 Å². The van der Waals surface area contributed by atoms with Gasteiger partial charge in [0.15, 0.2) is 0 Å². The molecule has 1 atom stereocenters. The van der Waals surface area contributed by atoms with Crippen LogP contribution >= 0.6 is 34.8 Å². The molecule has 3 aromatic rings. The highest BCUT2D eigenvalue weighted by molar-refractivity contribution is 6.36. The first-order valence-electron chi connectivity index (χ1n) is 11.1. The van der Waals surface area contributed by atoms with Crippen molar-refractivity contribution < 1.29 is 14.3 Å². The Bertz CT molecular complexity index is 1280. The summed E-state index contributed by atoms with van der Waals surface area (Å²) in [4.78, 5) is 28.7. The first-order valence-corrected chi connectivity index (χ1v) is 12.2. The molecule has 0 spiro atoms. The van der Waals surface area contributed by atoms with Crippen LogP contribution < -0.4 is 26.4 Å². The largest absolute Gasteiger partial charge is 0.491 e. The lowest BCUT2D eigenvalue weighted by atomic mass is 10.1. The van der Waals surface area contributed by atoms with E-state index in [4.69, 9.17) is 50.5 Å². The fourth-order valence-electron chi connectivity index (χ4n) is 3.17. The topological polar surface area (TPSA) is 142 Å². The number of benzene rings is 2. The molecule has 0 saturated carbocycles. The number of nitriles is 1. The number of nitrogens with one attached hydrogen (secondary N) is 3. The molecule has 3 rings (SSSR count). The highest BCUT2D eigenvalue weighted by atomic mass is 35.5. The highest BCUT2D eigenvalue weighted by Gasteiger charge is 2.17. The molecule has 9 nitrogen and oxygen atoms in total. The van der Waals surface area contributed by atoms with Crippen molar-refractivity contribution in [2.24, 2.45) is 5.73 Å². The number of amides is 3. The van der Waals surface area contributed by atoms with E-state index in [1.54, 1.807) is 36.4 Å². The van der Waals surface area contributed by atoms with E-state index in [1.165, 1.54) is 18.3 Å². The second-order valence-corrected chi connectivity index (χ2v) is 9.02. The number of aromatic nitrogens is 1. The zero-order valence-electron chi connectivity index (χ0n) is 19.4. The maximum atomic E-state index is 12.4. The van der Waals surface area contributed by atoms with Gasteiger partial charge >= 0.3 is 6.03 Å². The maximum absolute atomic E-state index is 12.4. The Morgan fingerprint density at radius 2 is 1.84 bits per heavy atom. The van der Waals surface area contributed by atoms with Crippen molar-refractivity contribution in [1.82, 2.24) is 10.3 Å². The van der Waals surface area contributed by atoms with Gasteiger partial charge in [0, 0.05) is 27.8 Å². The van der Waals surface area contributed by atoms with Gasteiger partial charge in [-0.1, -0.05) is 40.9 Å². The van der Waals surface area contributed by atoms with Crippen molar-refractivity contribution in [3.63, 3.8) is 0 Å². The fraction of sp³-hybridized carbons (Fsp3) is 0.200. The number of pyridine rings is 1. The Hall–Kier alpha value is -3.55. The first kappa shape index (κ1) is 28.0. The molecule has 192 valence electrons. The number of hydrogen-bond acceptors (Lipinski definition) is 6. The first-order chi connectivity index (χ1) is 17.8. The molecule has 12 heteroatoms. The average Bonchev–Trinajstić information content (AvgIpc) is 2.87. The van der Waals surface area contributed by atoms with Crippen molar-refractivity contribution >= 4 is 58.2 Å². The van der Waals surface area contributed by atoms with Crippen molar-refractivity contribution in [3.8, 4) is 11.8 Å². The Balaban J connectivity index is 1.46. The van der Waals surface area contributed by atoms with Gasteiger partial charge < -0.3 is 21.1 Å². The maximum Gasteiger partial charge on any atom is 0.324 e. The fourth-order valence-corrected chi connectivity index (χ4v) is 3.89. The average molecular weight is 562 g/mol. The number of anilines is 2. The lowest BCUT2D eigenvalue weighted by Gasteiger charge is -2.15. The summed E-state index contributed by atoms with van der Waals surface area (Å²) in [7, 11) is 0. The van der Waals surface area contributed by atoms with Crippen LogP contribution in [0.15, 0.2) is 54.7 Å². The smallest absolute Gasteiger partial charge is 0.324 e. The molecule has 3 amide bonds. The molecule has 0 aliphatic carbocycles. The van der Waals surface area contributed by atoms with Crippen molar-refractivity contribution in [3.05, 3.63) is 80.9 Å². The molecule has 0 bridgehead atoms. The third kappa shape index (κ3) is 8.51. The van der Waals surface area contributed by atoms with Crippen LogP contribution in [0.4, 0.5) is 16.3 Å². The molecule has 5 N–H and O–H groups in total. The molecule has 37 heavy (non-hydrogen) atoms. The summed E-state index contributed by atoms with van der Waals surface area (Å²) in [5.74, 6) is 0.327. The van der Waals surface area contributed by atoms with Crippen LogP contribution in [0.2, 0.25) is 15.1 Å². The Morgan fingerprint density at radius 1 is 1.08 bits per heavy atom. The molecule has 0 aliphatic rings. The van der Waals surface area contributed by atoms with E-state index in [-0.39, 0.29) is 24.8 Å². The Kier molecular flexibility index (Phi) is 10.4. The molecule has 0 saturated heterocycles. The van der Waals surface area contributed by atoms with Crippen molar-refractivity contribution in [2.75, 3.05) is 23.8 Å². The van der Waals surface area contributed by atoms with Gasteiger partial charge in [0.05, 0.1) is 23.9 Å². The molecular weight excluding hydrogens is 539 g/mol. The van der Waals surface area contributed by atoms with Gasteiger partial charge in [0.1, 0.15) is 17.6 Å². The van der Waals surface area contributed by atoms with E-state index in [9.17, 15) is 9.59 Å². The summed E-state index contributed by atoms with van der Waals surface area (Å²) in [5.41, 5.74) is 7.35. The van der Waals surface area contributed by atoms with Crippen molar-refractivity contribution in [1.29, 1.82) is 5.26 Å². The predicted molar refractivity (Wildman–Crippen MR) is 144 cm³/mol. The quantitative estimate of drug-likeness (QED) is 0.256. The second kappa shape index (κ2) is 13.7. The number of ether oxygens (including phenoxy) is 1. The zero-order valence-corrected chi connectivity index (χ0v) is 21.7. The zero-order chi connectivity index (χ0) is 26.8. The SMILES string of the molecule is N#Cc1ccc(NC(=O)Nc2cc(Cl)ccc2OCCCNC(=O)C(N)Cc2c(Cl)cccc2Cl)nc1. The second-order valence-electron chi connectivity index (χ2n) is 7.77. The minimum Gasteiger partial charge on any atom is -0.491 e. The number of urea groups is 1. The standard InChI is InChI=1S/C25H23Cl3N6O3/c26-16-6-7-22(21(11-16)33-25(36)34-23-8-5-15(13-29)14-32-23)37-10-2-9-31-24(35)20(30)12-17-18(27)3-1-4-19(17)28/h1,3-8,11,14,20H,2,9-10,12,30H2,(H,31,35)(H2,32,33,34,36). The Morgan fingerprint density at radius 3 is 2.51 bits per heavy atom. The van der Waals surface area contributed by atoms with E-state index >= 15 is 0 Å². The van der Waals surface area contributed by atoms with Crippen LogP contribution in [0.3, 0.4) is 0 Å². The summed E-state index contributed by atoms with van der Waals surface area (Å²) in [5, 5.41) is 18.1. The van der Waals surface area contributed by atoms with Crippen LogP contribution in [0, 0.1) is 11.3 Å². The van der Waals surface area contributed by atoms with E-state index < -0.39 is 12.1 Å². The molecule has 2 aromatic carbocycles. The van der Waals surface area contributed by atoms with Gasteiger partial charge in [0.2, 0.25) is 5.91 Å². The third-order valence-electron chi connectivity index (χ3n) is 5.02. The van der Waals surface area contributed by atoms with E-state index in [0.717, 1.165) is 0 Å². The number of nitrogens with two attached hydrogens (primary N) is 1. The monoisotopic (exact) mass is 560 g/mol. The molecule has 1 unspecified atom stereocenters. The summed E-state index contributed by atoms with van der Waals surface area (Å²) in [6, 6.07) is 13.5. The molecule has 1 heterocycles. The summed E-state index contributed by atoms with van der Waals surface area (Å²) in [6.45, 7) is 0.574. The number of nitrogens with zero attached hydrogens (tertiary/aromatic N) is 2. The number of halogens is 3. The van der Waals surface area contributed by atoms with Crippen LogP contribution in [0.5, 0.6) is 5.75 Å². The van der Waals surface area contributed by atoms with Crippen LogP contribution in [0.1, 0.15) is 17.5 Å². The number of carbonyl (C=O) groups excluding carboxylic acids is 2. The summed E-state index contributed by atoms with van der Waals surface area (Å²) < 4.78 is 5.77. The molecule has 0 fully saturated rings. The highest BCUT2D eigenvalue weighted by Crippen LogP contribution is 2.28. The van der Waals surface area contributed by atoms with E-state index in [0.29, 0.717) is 50.6 Å². The molecule has 1 aromatic heterocycles. The third-order valence-corrected chi connectivity index (χ3v) is 5.97. The van der Waals surface area contributed by atoms with Crippen LogP contribution in [-0.2, 0) is 11.2 Å². The lowest BCUT2D eigenvalue weighted by molar-refractivity contribution is -0.122. The summed E-state index contributed by atoms with van der Waals surface area (Å²) in [6.07, 6.45) is 2.04. The normalized spacial score (nSPS) is 11.2. The predicted octanol–water partition coefficient (Wildman–Crippen LogP) is 5.01. The van der Waals surface area contributed by atoms with Gasteiger partial charge in [-0.05, 0) is 60.9 Å². The van der Waals surface area contributed by atoms with Gasteiger partial charge in [-0.15, -0.1) is 0 Å². The number of rotatable bonds is 10. The van der Waals surface area contributed by atoms with Gasteiger partial charge in [0.25, 0.3) is 0 Å². The molecule has 0 radical (unpaired) electrons. The molecule has 0 aliphatic heterocycles. The number of carbonyl (C=O) groups is 2. The van der Waals surface area contributed by atoms with Gasteiger partial charge in [-0.2, -0.15) is 5.26 Å².